The molecule has 0 spiro atoms. The molecule has 13 rings (SSSR count). The van der Waals surface area contributed by atoms with Crippen LogP contribution >= 0.6 is 0 Å². The van der Waals surface area contributed by atoms with Crippen molar-refractivity contribution in [3.05, 3.63) is 236 Å². The van der Waals surface area contributed by atoms with E-state index < -0.39 is 0 Å². The lowest BCUT2D eigenvalue weighted by Gasteiger charge is -2.42. The van der Waals surface area contributed by atoms with Crippen LogP contribution in [0.1, 0.15) is 5.56 Å². The lowest BCUT2D eigenvalue weighted by atomic mass is 9.85. The predicted octanol–water partition coefficient (Wildman–Crippen LogP) is 16.1. The summed E-state index contributed by atoms with van der Waals surface area (Å²) in [6.07, 6.45) is 7.10. The fraction of sp³-hybridized carbons (Fsp3) is 0.0333. The van der Waals surface area contributed by atoms with Gasteiger partial charge in [-0.05, 0) is 74.1 Å². The molecule has 3 heteroatoms. The van der Waals surface area contributed by atoms with E-state index in [0.29, 0.717) is 0 Å². The summed E-state index contributed by atoms with van der Waals surface area (Å²) >= 11 is 0. The maximum absolute atomic E-state index is 6.84. The highest BCUT2D eigenvalue weighted by Gasteiger charge is 2.46. The third-order valence-electron chi connectivity index (χ3n) is 13.3. The van der Waals surface area contributed by atoms with Crippen LogP contribution in [0.3, 0.4) is 0 Å². The van der Waals surface area contributed by atoms with Gasteiger partial charge in [-0.25, -0.2) is 0 Å². The molecule has 11 aromatic rings. The average Bonchev–Trinajstić information content (AvgIpc) is 3.89. The van der Waals surface area contributed by atoms with Gasteiger partial charge in [0.2, 0.25) is 0 Å². The Kier molecular flexibility index (Phi) is 8.04. The molecule has 2 atom stereocenters. The fourth-order valence-corrected chi connectivity index (χ4v) is 10.7. The lowest BCUT2D eigenvalue weighted by Crippen LogP contribution is -2.47. The van der Waals surface area contributed by atoms with Crippen LogP contribution in [0.5, 0.6) is 0 Å². The smallest absolute Gasteiger partial charge is 0.138 e. The second-order valence-corrected chi connectivity index (χ2v) is 16.7. The van der Waals surface area contributed by atoms with Crippen molar-refractivity contribution in [1.82, 2.24) is 0 Å². The monoisotopic (exact) mass is 804 g/mol. The summed E-state index contributed by atoms with van der Waals surface area (Å²) in [5.74, 6) is 0. The van der Waals surface area contributed by atoms with Gasteiger partial charge in [0.05, 0.1) is 23.5 Å². The van der Waals surface area contributed by atoms with Crippen LogP contribution in [0, 0.1) is 0 Å². The standard InChI is InChI=1S/C60H40N2O/c1-3-17-39(18-4-1)40-33-35-44(36-34-40)61(53-37-43-22-8-9-24-45(43)47-26-11-12-27-48(47)53)52-31-16-29-50-58-54(62(60(50)52)51-30-15-23-41-19-7-10-25-46(41)51)38-56-59(49-28-13-14-32-55(49)63-56)57(58)42-20-5-2-6-21-42/h1-38,52,60H. The Bertz CT molecular complexity index is 3630. The molecule has 0 saturated carbocycles. The van der Waals surface area contributed by atoms with E-state index in [1.54, 1.807) is 0 Å². The fourth-order valence-electron chi connectivity index (χ4n) is 10.7. The summed E-state index contributed by atoms with van der Waals surface area (Å²) in [4.78, 5) is 5.24. The molecular formula is C60H40N2O. The first-order valence-electron chi connectivity index (χ1n) is 21.8. The largest absolute Gasteiger partial charge is 0.456 e. The Morgan fingerprint density at radius 1 is 0.429 bits per heavy atom. The molecular weight excluding hydrogens is 765 g/mol. The first-order chi connectivity index (χ1) is 31.3. The summed E-state index contributed by atoms with van der Waals surface area (Å²) in [7, 11) is 0. The molecule has 0 radical (unpaired) electrons. The number of fused-ring (bicyclic) bond motifs is 10. The van der Waals surface area contributed by atoms with Crippen LogP contribution < -0.4 is 9.80 Å². The molecule has 63 heavy (non-hydrogen) atoms. The summed E-state index contributed by atoms with van der Waals surface area (Å²) in [6.45, 7) is 0. The van der Waals surface area contributed by atoms with Gasteiger partial charge in [-0.3, -0.25) is 0 Å². The molecule has 0 saturated heterocycles. The predicted molar refractivity (Wildman–Crippen MR) is 265 cm³/mol. The minimum absolute atomic E-state index is 0.130. The van der Waals surface area contributed by atoms with E-state index in [2.05, 4.69) is 240 Å². The molecule has 1 aromatic heterocycles. The third-order valence-corrected chi connectivity index (χ3v) is 13.3. The maximum Gasteiger partial charge on any atom is 0.138 e. The Labute approximate surface area is 365 Å². The second kappa shape index (κ2) is 14.2. The van der Waals surface area contributed by atoms with Gasteiger partial charge >= 0.3 is 0 Å². The molecule has 1 aliphatic heterocycles. The van der Waals surface area contributed by atoms with Crippen LogP contribution in [-0.2, 0) is 0 Å². The SMILES string of the molecule is C1=CC(N(c2ccc(-c3ccccc3)cc2)c2cc3ccccc3c3ccccc23)C2C(=C1)c1c(cc3oc4ccccc4c3c1-c1ccccc1)N2c1cccc2ccccc12. The van der Waals surface area contributed by atoms with Crippen LogP contribution in [0.15, 0.2) is 235 Å². The molecule has 0 amide bonds. The highest BCUT2D eigenvalue weighted by atomic mass is 16.3. The quantitative estimate of drug-likeness (QED) is 0.156. The number of anilines is 4. The number of nitrogens with zero attached hydrogens (tertiary/aromatic N) is 2. The topological polar surface area (TPSA) is 19.6 Å². The number of hydrogen-bond acceptors (Lipinski definition) is 3. The molecule has 2 aliphatic rings. The van der Waals surface area contributed by atoms with Gasteiger partial charge in [0.1, 0.15) is 11.2 Å². The summed E-state index contributed by atoms with van der Waals surface area (Å²) in [5.41, 5.74) is 13.7. The van der Waals surface area contributed by atoms with Crippen molar-refractivity contribution in [3.8, 4) is 22.3 Å². The van der Waals surface area contributed by atoms with Gasteiger partial charge in [0.25, 0.3) is 0 Å². The van der Waals surface area contributed by atoms with Crippen molar-refractivity contribution < 1.29 is 4.42 Å². The molecule has 2 heterocycles. The Hall–Kier alpha value is -8.14. The van der Waals surface area contributed by atoms with Crippen LogP contribution in [-0.4, -0.2) is 12.1 Å². The zero-order valence-corrected chi connectivity index (χ0v) is 34.4. The average molecular weight is 805 g/mol. The van der Waals surface area contributed by atoms with Gasteiger partial charge in [-0.2, -0.15) is 0 Å². The van der Waals surface area contributed by atoms with Gasteiger partial charge in [-0.15, -0.1) is 0 Å². The minimum Gasteiger partial charge on any atom is -0.456 e. The van der Waals surface area contributed by atoms with Crippen molar-refractivity contribution >= 4 is 82.6 Å². The van der Waals surface area contributed by atoms with E-state index in [9.17, 15) is 0 Å². The first kappa shape index (κ1) is 35.6. The van der Waals surface area contributed by atoms with Crippen molar-refractivity contribution in [1.29, 1.82) is 0 Å². The van der Waals surface area contributed by atoms with Crippen LogP contribution in [0.25, 0.3) is 82.1 Å². The van der Waals surface area contributed by atoms with E-state index in [-0.39, 0.29) is 12.1 Å². The molecule has 1 aliphatic carbocycles. The van der Waals surface area contributed by atoms with Crippen LogP contribution in [0.2, 0.25) is 0 Å². The van der Waals surface area contributed by atoms with E-state index in [1.165, 1.54) is 77.1 Å². The molecule has 2 unspecified atom stereocenters. The number of hydrogen-bond donors (Lipinski definition) is 0. The Balaban J connectivity index is 1.12. The molecule has 10 aromatic carbocycles. The highest BCUT2D eigenvalue weighted by Crippen LogP contribution is 2.57. The van der Waals surface area contributed by atoms with Gasteiger partial charge in [-0.1, -0.05) is 194 Å². The summed E-state index contributed by atoms with van der Waals surface area (Å²) < 4.78 is 6.84. The normalized spacial score (nSPS) is 15.6. The second-order valence-electron chi connectivity index (χ2n) is 16.7. The molecule has 296 valence electrons. The Morgan fingerprint density at radius 2 is 1.05 bits per heavy atom. The maximum atomic E-state index is 6.84. The zero-order valence-electron chi connectivity index (χ0n) is 34.4. The number of para-hydroxylation sites is 1. The summed E-state index contributed by atoms with van der Waals surface area (Å²) in [5, 5.41) is 9.62. The van der Waals surface area contributed by atoms with E-state index in [4.69, 9.17) is 4.42 Å². The third kappa shape index (κ3) is 5.53. The van der Waals surface area contributed by atoms with E-state index >= 15 is 0 Å². The zero-order chi connectivity index (χ0) is 41.4. The molecule has 0 N–H and O–H groups in total. The van der Waals surface area contributed by atoms with Crippen molar-refractivity contribution in [2.75, 3.05) is 9.80 Å². The molecule has 0 fully saturated rings. The van der Waals surface area contributed by atoms with Crippen LogP contribution in [0.4, 0.5) is 22.7 Å². The highest BCUT2D eigenvalue weighted by molar-refractivity contribution is 6.20. The number of allylic oxidation sites excluding steroid dienone is 2. The minimum atomic E-state index is -0.143. The van der Waals surface area contributed by atoms with Crippen molar-refractivity contribution in [3.63, 3.8) is 0 Å². The van der Waals surface area contributed by atoms with Crippen molar-refractivity contribution in [2.45, 2.75) is 12.1 Å². The van der Waals surface area contributed by atoms with Gasteiger partial charge < -0.3 is 14.2 Å². The molecule has 0 bridgehead atoms. The number of furan rings is 1. The van der Waals surface area contributed by atoms with E-state index in [0.717, 1.165) is 33.3 Å². The van der Waals surface area contributed by atoms with Gasteiger partial charge in [0, 0.05) is 50.1 Å². The lowest BCUT2D eigenvalue weighted by molar-refractivity contribution is 0.667. The number of rotatable bonds is 6. The van der Waals surface area contributed by atoms with E-state index in [1.807, 2.05) is 0 Å². The van der Waals surface area contributed by atoms with Crippen molar-refractivity contribution in [2.24, 2.45) is 0 Å². The Morgan fingerprint density at radius 3 is 1.84 bits per heavy atom. The first-order valence-corrected chi connectivity index (χ1v) is 21.8. The van der Waals surface area contributed by atoms with Gasteiger partial charge in [0.15, 0.2) is 0 Å². The summed E-state index contributed by atoms with van der Waals surface area (Å²) in [6, 6.07) is 77.0. The molecule has 3 nitrogen and oxygen atoms in total. The number of benzene rings is 10.